The van der Waals surface area contributed by atoms with Crippen LogP contribution in [0.2, 0.25) is 0 Å². The van der Waals surface area contributed by atoms with Crippen molar-refractivity contribution in [1.82, 2.24) is 0 Å². The summed E-state index contributed by atoms with van der Waals surface area (Å²) in [6, 6.07) is 0. The van der Waals surface area contributed by atoms with Gasteiger partial charge in [0, 0.05) is 6.42 Å². The van der Waals surface area contributed by atoms with Crippen molar-refractivity contribution in [2.45, 2.75) is 37.4 Å². The first-order valence-electron chi connectivity index (χ1n) is 6.34. The first-order valence-corrected chi connectivity index (χ1v) is 6.34. The van der Waals surface area contributed by atoms with Crippen molar-refractivity contribution in [2.24, 2.45) is 0 Å². The van der Waals surface area contributed by atoms with Gasteiger partial charge in [0.2, 0.25) is 5.79 Å². The molecule has 0 aliphatic carbocycles. The molecule has 4 unspecified atom stereocenters. The van der Waals surface area contributed by atoms with Gasteiger partial charge in [-0.15, -0.1) is 0 Å². The van der Waals surface area contributed by atoms with Gasteiger partial charge in [-0.2, -0.15) is 0 Å². The Morgan fingerprint density at radius 3 is 2.68 bits per heavy atom. The summed E-state index contributed by atoms with van der Waals surface area (Å²) in [4.78, 5) is 0. The summed E-state index contributed by atoms with van der Waals surface area (Å²) >= 11 is 0. The number of hydrogen-bond acceptors (Lipinski definition) is 5. The highest BCUT2D eigenvalue weighted by Crippen LogP contribution is 2.41. The average molecular weight is 268 g/mol. The third-order valence-corrected chi connectivity index (χ3v) is 3.62. The highest BCUT2D eigenvalue weighted by atomic mass is 16.7. The molecule has 2 rings (SSSR count). The van der Waals surface area contributed by atoms with E-state index in [1.54, 1.807) is 6.08 Å². The Hall–Kier alpha value is -0.980. The fourth-order valence-corrected chi connectivity index (χ4v) is 2.55. The molecule has 5 heteroatoms. The van der Waals surface area contributed by atoms with E-state index in [0.29, 0.717) is 6.42 Å². The van der Waals surface area contributed by atoms with E-state index in [1.165, 1.54) is 0 Å². The van der Waals surface area contributed by atoms with Crippen LogP contribution < -0.4 is 0 Å². The Bertz CT molecular complexity index is 414. The fourth-order valence-electron chi connectivity index (χ4n) is 2.55. The summed E-state index contributed by atoms with van der Waals surface area (Å²) in [6.45, 7) is 5.52. The second-order valence-corrected chi connectivity index (χ2v) is 4.81. The Morgan fingerprint density at radius 2 is 2.16 bits per heavy atom. The Balaban J connectivity index is 2.29. The molecule has 0 bridgehead atoms. The van der Waals surface area contributed by atoms with E-state index in [1.807, 2.05) is 19.1 Å². The quantitative estimate of drug-likeness (QED) is 0.685. The van der Waals surface area contributed by atoms with E-state index < -0.39 is 24.1 Å². The second-order valence-electron chi connectivity index (χ2n) is 4.81. The number of allylic oxidation sites excluding steroid dienone is 2. The van der Waals surface area contributed by atoms with Gasteiger partial charge in [0.1, 0.15) is 18.3 Å². The third-order valence-electron chi connectivity index (χ3n) is 3.62. The number of ether oxygens (including phenoxy) is 2. The van der Waals surface area contributed by atoms with E-state index in [2.05, 4.69) is 6.58 Å². The summed E-state index contributed by atoms with van der Waals surface area (Å²) in [5.74, 6) is -1.28. The van der Waals surface area contributed by atoms with Crippen LogP contribution in [0.5, 0.6) is 0 Å². The molecule has 3 N–H and O–H groups in total. The summed E-state index contributed by atoms with van der Waals surface area (Å²) in [5.41, 5.74) is 1.88. The first-order chi connectivity index (χ1) is 9.07. The molecule has 0 amide bonds. The van der Waals surface area contributed by atoms with Crippen LogP contribution in [0.4, 0.5) is 0 Å². The van der Waals surface area contributed by atoms with Crippen molar-refractivity contribution in [3.05, 3.63) is 36.0 Å². The highest BCUT2D eigenvalue weighted by molar-refractivity contribution is 5.36. The Kier molecular flexibility index (Phi) is 4.23. The molecule has 0 radical (unpaired) electrons. The van der Waals surface area contributed by atoms with Crippen molar-refractivity contribution in [1.29, 1.82) is 0 Å². The molecule has 4 atom stereocenters. The van der Waals surface area contributed by atoms with E-state index in [4.69, 9.17) is 14.6 Å². The average Bonchev–Trinajstić information content (AvgIpc) is 2.65. The Morgan fingerprint density at radius 1 is 1.42 bits per heavy atom. The lowest BCUT2D eigenvalue weighted by Crippen LogP contribution is -2.48. The van der Waals surface area contributed by atoms with E-state index in [9.17, 15) is 10.2 Å². The van der Waals surface area contributed by atoms with Gasteiger partial charge in [0.05, 0.1) is 13.2 Å². The van der Waals surface area contributed by atoms with E-state index >= 15 is 0 Å². The monoisotopic (exact) mass is 268 g/mol. The lowest BCUT2D eigenvalue weighted by molar-refractivity contribution is -0.259. The number of aliphatic hydroxyl groups excluding tert-OH is 3. The van der Waals surface area contributed by atoms with Gasteiger partial charge >= 0.3 is 0 Å². The minimum atomic E-state index is -1.28. The van der Waals surface area contributed by atoms with Crippen LogP contribution in [-0.4, -0.2) is 52.6 Å². The van der Waals surface area contributed by atoms with E-state index in [-0.39, 0.29) is 13.2 Å². The molecule has 106 valence electrons. The SMILES string of the molecule is C=CC1=C(/C=C\C)CC2(OC1)OC(CO)C(O)C2O. The van der Waals surface area contributed by atoms with Crippen molar-refractivity contribution in [2.75, 3.05) is 13.2 Å². The highest BCUT2D eigenvalue weighted by Gasteiger charge is 2.56. The number of aliphatic hydroxyl groups is 3. The van der Waals surface area contributed by atoms with Crippen LogP contribution in [-0.2, 0) is 9.47 Å². The van der Waals surface area contributed by atoms with Gasteiger partial charge in [-0.25, -0.2) is 0 Å². The van der Waals surface area contributed by atoms with Gasteiger partial charge in [0.15, 0.2) is 0 Å². The summed E-state index contributed by atoms with van der Waals surface area (Å²) in [5, 5.41) is 29.1. The van der Waals surface area contributed by atoms with Gasteiger partial charge in [-0.1, -0.05) is 24.8 Å². The summed E-state index contributed by atoms with van der Waals surface area (Å²) in [6.07, 6.45) is 2.66. The molecule has 2 heterocycles. The smallest absolute Gasteiger partial charge is 0.202 e. The predicted molar refractivity (Wildman–Crippen MR) is 69.3 cm³/mol. The van der Waals surface area contributed by atoms with Gasteiger partial charge < -0.3 is 24.8 Å². The number of rotatable bonds is 3. The largest absolute Gasteiger partial charge is 0.394 e. The van der Waals surface area contributed by atoms with Crippen LogP contribution in [0.25, 0.3) is 0 Å². The normalized spacial score (nSPS) is 39.5. The topological polar surface area (TPSA) is 79.2 Å². The zero-order valence-corrected chi connectivity index (χ0v) is 11.0. The minimum absolute atomic E-state index is 0.255. The molecule has 0 aromatic heterocycles. The van der Waals surface area contributed by atoms with Gasteiger partial charge in [0.25, 0.3) is 0 Å². The molecular weight excluding hydrogens is 248 g/mol. The van der Waals surface area contributed by atoms with Crippen LogP contribution >= 0.6 is 0 Å². The number of hydrogen-bond donors (Lipinski definition) is 3. The van der Waals surface area contributed by atoms with Crippen molar-refractivity contribution in [3.63, 3.8) is 0 Å². The van der Waals surface area contributed by atoms with Crippen LogP contribution in [0.15, 0.2) is 36.0 Å². The lowest BCUT2D eigenvalue weighted by atomic mass is 9.92. The zero-order valence-electron chi connectivity index (χ0n) is 11.0. The van der Waals surface area contributed by atoms with Crippen molar-refractivity contribution in [3.8, 4) is 0 Å². The molecule has 1 spiro atoms. The molecule has 0 saturated carbocycles. The zero-order chi connectivity index (χ0) is 14.0. The maximum absolute atomic E-state index is 10.1. The predicted octanol–water partition coefficient (Wildman–Crippen LogP) is 0.275. The second kappa shape index (κ2) is 5.56. The molecule has 1 fully saturated rings. The minimum Gasteiger partial charge on any atom is -0.394 e. The molecule has 5 nitrogen and oxygen atoms in total. The molecule has 1 saturated heterocycles. The standard InChI is InChI=1S/C14H20O5/c1-3-5-10-6-14(18-8-9(10)4-2)13(17)12(16)11(7-15)19-14/h3-5,11-13,15-17H,2,6-8H2,1H3/b5-3-. The first kappa shape index (κ1) is 14.4. The summed E-state index contributed by atoms with van der Waals surface area (Å²) < 4.78 is 11.2. The molecular formula is C14H20O5. The molecule has 0 aromatic carbocycles. The van der Waals surface area contributed by atoms with E-state index in [0.717, 1.165) is 11.1 Å². The fraction of sp³-hybridized carbons (Fsp3) is 0.571. The van der Waals surface area contributed by atoms with Gasteiger partial charge in [-0.3, -0.25) is 0 Å². The van der Waals surface area contributed by atoms with Crippen LogP contribution in [0, 0.1) is 0 Å². The molecule has 2 aliphatic rings. The van der Waals surface area contributed by atoms with Crippen LogP contribution in [0.3, 0.4) is 0 Å². The lowest BCUT2D eigenvalue weighted by Gasteiger charge is -2.36. The molecule has 19 heavy (non-hydrogen) atoms. The Labute approximate surface area is 112 Å². The summed E-state index contributed by atoms with van der Waals surface area (Å²) in [7, 11) is 0. The molecule has 0 aromatic rings. The maximum atomic E-state index is 10.1. The van der Waals surface area contributed by atoms with Crippen LogP contribution in [0.1, 0.15) is 13.3 Å². The van der Waals surface area contributed by atoms with Crippen molar-refractivity contribution < 1.29 is 24.8 Å². The van der Waals surface area contributed by atoms with Gasteiger partial charge in [-0.05, 0) is 18.1 Å². The maximum Gasteiger partial charge on any atom is 0.202 e. The third kappa shape index (κ3) is 2.40. The molecule has 2 aliphatic heterocycles. The van der Waals surface area contributed by atoms with Crippen molar-refractivity contribution >= 4 is 0 Å².